The molecule has 2 saturated carbocycles. The van der Waals surface area contributed by atoms with Crippen molar-refractivity contribution in [2.45, 2.75) is 57.4 Å². The molecule has 1 heterocycles. The number of methoxy groups -OCH3 is 1. The minimum Gasteiger partial charge on any atom is -0.384 e. The van der Waals surface area contributed by atoms with Crippen LogP contribution in [-0.2, 0) is 9.53 Å². The molecule has 2 fully saturated rings. The predicted molar refractivity (Wildman–Crippen MR) is 79.8 cm³/mol. The van der Waals surface area contributed by atoms with E-state index in [-0.39, 0.29) is 17.4 Å². The Labute approximate surface area is 130 Å². The monoisotopic (exact) mass is 307 g/mol. The van der Waals surface area contributed by atoms with Gasteiger partial charge in [-0.05, 0) is 31.6 Å². The third kappa shape index (κ3) is 3.63. The Hall–Kier alpha value is -1.50. The topological polar surface area (TPSA) is 92.8 Å². The number of hydrogen-bond acceptors (Lipinski definition) is 5. The molecule has 22 heavy (non-hydrogen) atoms. The predicted octanol–water partition coefficient (Wildman–Crippen LogP) is 1.75. The van der Waals surface area contributed by atoms with E-state index in [2.05, 4.69) is 25.9 Å². The van der Waals surface area contributed by atoms with Crippen molar-refractivity contribution in [3.8, 4) is 0 Å². The zero-order valence-corrected chi connectivity index (χ0v) is 13.2. The Bertz CT molecular complexity index is 480. The molecule has 0 bridgehead atoms. The van der Waals surface area contributed by atoms with Crippen molar-refractivity contribution >= 4 is 5.91 Å². The molecule has 0 spiro atoms. The van der Waals surface area contributed by atoms with Gasteiger partial charge < -0.3 is 10.1 Å². The van der Waals surface area contributed by atoms with Crippen LogP contribution in [0.3, 0.4) is 0 Å². The summed E-state index contributed by atoms with van der Waals surface area (Å²) >= 11 is 0. The molecular formula is C15H25N5O2. The number of hydrogen-bond donors (Lipinski definition) is 2. The quantitative estimate of drug-likeness (QED) is 0.800. The van der Waals surface area contributed by atoms with Gasteiger partial charge >= 0.3 is 0 Å². The lowest BCUT2D eigenvalue weighted by Crippen LogP contribution is -2.36. The lowest BCUT2D eigenvalue weighted by molar-refractivity contribution is -0.124. The second kappa shape index (κ2) is 6.73. The third-order valence-corrected chi connectivity index (χ3v) is 5.02. The molecule has 7 heteroatoms. The molecule has 122 valence electrons. The Kier molecular flexibility index (Phi) is 4.71. The van der Waals surface area contributed by atoms with Crippen LogP contribution in [0.4, 0.5) is 0 Å². The third-order valence-electron chi connectivity index (χ3n) is 5.02. The lowest BCUT2D eigenvalue weighted by atomic mass is 9.83. The molecule has 2 aliphatic rings. The number of H-pyrrole nitrogens is 1. The van der Waals surface area contributed by atoms with Crippen molar-refractivity contribution in [2.24, 2.45) is 11.3 Å². The van der Waals surface area contributed by atoms with Gasteiger partial charge in [0.25, 0.3) is 0 Å². The lowest BCUT2D eigenvalue weighted by Gasteiger charge is -2.29. The SMILES string of the molecule is COCC1(CC(=O)NC(c2nn[nH]n2)C2CCCCC2)CC1. The molecule has 1 amide bonds. The molecule has 1 unspecified atom stereocenters. The Morgan fingerprint density at radius 2 is 2.18 bits per heavy atom. The van der Waals surface area contributed by atoms with Crippen molar-refractivity contribution in [3.05, 3.63) is 5.82 Å². The van der Waals surface area contributed by atoms with Crippen LogP contribution in [0.25, 0.3) is 0 Å². The molecule has 0 aliphatic heterocycles. The number of carbonyl (C=O) groups is 1. The van der Waals surface area contributed by atoms with Crippen LogP contribution in [0, 0.1) is 11.3 Å². The van der Waals surface area contributed by atoms with Gasteiger partial charge in [0.2, 0.25) is 5.91 Å². The van der Waals surface area contributed by atoms with E-state index in [1.807, 2.05) is 0 Å². The summed E-state index contributed by atoms with van der Waals surface area (Å²) in [5.74, 6) is 1.10. The van der Waals surface area contributed by atoms with Gasteiger partial charge in [0.1, 0.15) is 0 Å². The molecule has 3 rings (SSSR count). The van der Waals surface area contributed by atoms with Crippen LogP contribution in [0.2, 0.25) is 0 Å². The molecule has 1 aromatic rings. The first-order valence-corrected chi connectivity index (χ1v) is 8.24. The van der Waals surface area contributed by atoms with Crippen LogP contribution in [0.15, 0.2) is 0 Å². The maximum Gasteiger partial charge on any atom is 0.221 e. The molecular weight excluding hydrogens is 282 g/mol. The van der Waals surface area contributed by atoms with Crippen LogP contribution in [0.1, 0.15) is 63.2 Å². The summed E-state index contributed by atoms with van der Waals surface area (Å²) in [4.78, 5) is 12.5. The van der Waals surface area contributed by atoms with Crippen LogP contribution in [0.5, 0.6) is 0 Å². The van der Waals surface area contributed by atoms with Gasteiger partial charge in [0.05, 0.1) is 12.6 Å². The van der Waals surface area contributed by atoms with Crippen molar-refractivity contribution in [1.82, 2.24) is 25.9 Å². The van der Waals surface area contributed by atoms with Crippen LogP contribution in [-0.4, -0.2) is 40.2 Å². The molecule has 2 N–H and O–H groups in total. The fraction of sp³-hybridized carbons (Fsp3) is 0.867. The molecule has 0 saturated heterocycles. The Morgan fingerprint density at radius 3 is 2.77 bits per heavy atom. The van der Waals surface area contributed by atoms with Crippen molar-refractivity contribution < 1.29 is 9.53 Å². The minimum absolute atomic E-state index is 0.0627. The summed E-state index contributed by atoms with van der Waals surface area (Å²) < 4.78 is 5.24. The molecule has 0 radical (unpaired) electrons. The van der Waals surface area contributed by atoms with Gasteiger partial charge in [-0.3, -0.25) is 4.79 Å². The standard InChI is InChI=1S/C15H25N5O2/c1-22-10-15(7-8-15)9-12(21)16-13(14-17-19-20-18-14)11-5-3-2-4-6-11/h11,13H,2-10H2,1H3,(H,16,21)(H,17,18,19,20). The summed E-state index contributed by atoms with van der Waals surface area (Å²) in [6.07, 6.45) is 8.60. The summed E-state index contributed by atoms with van der Waals surface area (Å²) in [6, 6.07) is -0.120. The number of ether oxygens (including phenoxy) is 1. The van der Waals surface area contributed by atoms with Crippen LogP contribution < -0.4 is 5.32 Å². The van der Waals surface area contributed by atoms with Gasteiger partial charge in [-0.15, -0.1) is 10.2 Å². The highest BCUT2D eigenvalue weighted by atomic mass is 16.5. The highest BCUT2D eigenvalue weighted by molar-refractivity contribution is 5.77. The zero-order chi connectivity index (χ0) is 15.4. The summed E-state index contributed by atoms with van der Waals surface area (Å²) in [5, 5.41) is 17.5. The van der Waals surface area contributed by atoms with Gasteiger partial charge in [0.15, 0.2) is 5.82 Å². The van der Waals surface area contributed by atoms with Crippen molar-refractivity contribution in [1.29, 1.82) is 0 Å². The number of nitrogens with zero attached hydrogens (tertiary/aromatic N) is 3. The highest BCUT2D eigenvalue weighted by Crippen LogP contribution is 2.49. The molecule has 1 atom stereocenters. The number of rotatable bonds is 7. The second-order valence-electron chi connectivity index (χ2n) is 6.82. The van der Waals surface area contributed by atoms with Gasteiger partial charge in [-0.25, -0.2) is 0 Å². The van der Waals surface area contributed by atoms with Crippen molar-refractivity contribution in [3.63, 3.8) is 0 Å². The fourth-order valence-electron chi connectivity index (χ4n) is 3.58. The molecule has 0 aromatic carbocycles. The fourth-order valence-corrected chi connectivity index (χ4v) is 3.58. The number of nitrogens with one attached hydrogen (secondary N) is 2. The maximum atomic E-state index is 12.5. The number of amides is 1. The minimum atomic E-state index is -0.120. The largest absolute Gasteiger partial charge is 0.384 e. The van der Waals surface area contributed by atoms with E-state index in [9.17, 15) is 4.79 Å². The van der Waals surface area contributed by atoms with Crippen molar-refractivity contribution in [2.75, 3.05) is 13.7 Å². The van der Waals surface area contributed by atoms with Gasteiger partial charge in [0, 0.05) is 18.9 Å². The van der Waals surface area contributed by atoms with Gasteiger partial charge in [-0.1, -0.05) is 24.5 Å². The molecule has 2 aliphatic carbocycles. The van der Waals surface area contributed by atoms with E-state index in [1.54, 1.807) is 7.11 Å². The van der Waals surface area contributed by atoms with E-state index in [0.717, 1.165) is 25.7 Å². The number of aromatic amines is 1. The van der Waals surface area contributed by atoms with E-state index in [0.29, 0.717) is 24.8 Å². The highest BCUT2D eigenvalue weighted by Gasteiger charge is 2.45. The summed E-state index contributed by atoms with van der Waals surface area (Å²) in [7, 11) is 1.70. The van der Waals surface area contributed by atoms with E-state index in [1.165, 1.54) is 19.3 Å². The first-order chi connectivity index (χ1) is 10.7. The Balaban J connectivity index is 1.63. The van der Waals surface area contributed by atoms with Gasteiger partial charge in [-0.2, -0.15) is 5.21 Å². The van der Waals surface area contributed by atoms with Crippen LogP contribution >= 0.6 is 0 Å². The number of aromatic nitrogens is 4. The molecule has 1 aromatic heterocycles. The average molecular weight is 307 g/mol. The smallest absolute Gasteiger partial charge is 0.221 e. The first-order valence-electron chi connectivity index (χ1n) is 8.24. The van der Waals surface area contributed by atoms with E-state index in [4.69, 9.17) is 4.74 Å². The number of carbonyl (C=O) groups excluding carboxylic acids is 1. The Morgan fingerprint density at radius 1 is 1.41 bits per heavy atom. The summed E-state index contributed by atoms with van der Waals surface area (Å²) in [5.41, 5.74) is 0.0627. The van der Waals surface area contributed by atoms with E-state index < -0.39 is 0 Å². The number of tetrazole rings is 1. The zero-order valence-electron chi connectivity index (χ0n) is 13.2. The second-order valence-corrected chi connectivity index (χ2v) is 6.82. The average Bonchev–Trinajstić information content (AvgIpc) is 3.06. The molecule has 7 nitrogen and oxygen atoms in total. The summed E-state index contributed by atoms with van der Waals surface area (Å²) in [6.45, 7) is 0.663. The maximum absolute atomic E-state index is 12.5. The van der Waals surface area contributed by atoms with E-state index >= 15 is 0 Å². The normalized spacial score (nSPS) is 22.2. The first kappa shape index (κ1) is 15.4.